The van der Waals surface area contributed by atoms with Crippen molar-refractivity contribution in [1.29, 1.82) is 0 Å². The number of fused-ring (bicyclic) bond motifs is 2. The van der Waals surface area contributed by atoms with Gasteiger partial charge in [0, 0.05) is 17.7 Å². The second kappa shape index (κ2) is 16.5. The highest BCUT2D eigenvalue weighted by molar-refractivity contribution is 5.96. The maximum Gasteiger partial charge on any atom is 0.204 e. The Morgan fingerprint density at radius 1 is 0.761 bits per heavy atom. The first kappa shape index (κ1) is 34.1. The molecular weight excluding hydrogens is 576 g/mol. The van der Waals surface area contributed by atoms with Crippen molar-refractivity contribution in [2.75, 3.05) is 52.5 Å². The normalized spacial score (nSPS) is 15.6. The molecule has 0 saturated carbocycles. The molecule has 0 unspecified atom stereocenters. The number of benzene rings is 2. The summed E-state index contributed by atoms with van der Waals surface area (Å²) in [6, 6.07) is 5.59. The zero-order valence-corrected chi connectivity index (χ0v) is 28.6. The third kappa shape index (κ3) is 8.95. The Bertz CT molecular complexity index is 1580. The molecule has 0 amide bonds. The summed E-state index contributed by atoms with van der Waals surface area (Å²) >= 11 is 0. The van der Waals surface area contributed by atoms with Crippen LogP contribution in [0.3, 0.4) is 0 Å². The zero-order chi connectivity index (χ0) is 32.5. The van der Waals surface area contributed by atoms with Gasteiger partial charge < -0.3 is 28.8 Å². The first-order valence-electron chi connectivity index (χ1n) is 17.6. The van der Waals surface area contributed by atoms with Crippen molar-refractivity contribution in [2.24, 2.45) is 0 Å². The highest BCUT2D eigenvalue weighted by Crippen LogP contribution is 2.38. The Morgan fingerprint density at radius 3 is 1.93 bits per heavy atom. The van der Waals surface area contributed by atoms with Crippen LogP contribution in [-0.4, -0.2) is 67.4 Å². The Labute approximate surface area is 274 Å². The number of rotatable bonds is 16. The van der Waals surface area contributed by atoms with E-state index in [1.807, 2.05) is 26.0 Å². The minimum absolute atomic E-state index is 0.0517. The van der Waals surface area contributed by atoms with E-state index in [9.17, 15) is 9.90 Å². The maximum absolute atomic E-state index is 14.2. The molecule has 5 rings (SSSR count). The number of allylic oxidation sites excluding steroid dienone is 4. The molecule has 0 spiro atoms. The summed E-state index contributed by atoms with van der Waals surface area (Å²) in [7, 11) is 0. The predicted octanol–water partition coefficient (Wildman–Crippen LogP) is 8.18. The Kier molecular flexibility index (Phi) is 12.2. The minimum atomic E-state index is -0.223. The summed E-state index contributed by atoms with van der Waals surface area (Å²) in [4.78, 5) is 19.2. The van der Waals surface area contributed by atoms with Crippen molar-refractivity contribution in [3.63, 3.8) is 0 Å². The molecule has 1 N–H and O–H groups in total. The number of phenolic OH excluding ortho intramolecular Hbond substituents is 1. The van der Waals surface area contributed by atoms with Crippen LogP contribution < -0.4 is 14.9 Å². The smallest absolute Gasteiger partial charge is 0.204 e. The molecule has 3 aromatic rings. The zero-order valence-electron chi connectivity index (χ0n) is 28.6. The molecule has 2 fully saturated rings. The molecule has 0 radical (unpaired) electrons. The Hall–Kier alpha value is -3.29. The molecular formula is C39H54N2O5. The standard InChI is InChI=1S/C39H54N2O5/c1-28(2)13-15-30-25-31(44-23-11-9-21-40-17-5-6-18-40)26-34-36(30)39(43)37-35(46-34)27-33(32(38(37)42)16-14-29(3)4)45-24-12-10-22-41-19-7-8-20-41/h13-14,25-27,42H,5-12,15-24H2,1-4H3. The molecule has 2 aliphatic heterocycles. The van der Waals surface area contributed by atoms with Crippen LogP contribution in [0.4, 0.5) is 0 Å². The number of aromatic hydroxyl groups is 1. The van der Waals surface area contributed by atoms with Gasteiger partial charge in [0.05, 0.1) is 18.6 Å². The van der Waals surface area contributed by atoms with Crippen LogP contribution in [0.5, 0.6) is 17.2 Å². The van der Waals surface area contributed by atoms with Crippen molar-refractivity contribution >= 4 is 21.9 Å². The molecule has 0 bridgehead atoms. The first-order valence-corrected chi connectivity index (χ1v) is 17.6. The third-order valence-electron chi connectivity index (χ3n) is 9.27. The number of likely N-dealkylation sites (tertiary alicyclic amines) is 2. The number of hydrogen-bond acceptors (Lipinski definition) is 7. The van der Waals surface area contributed by atoms with E-state index in [0.29, 0.717) is 59.7 Å². The monoisotopic (exact) mass is 630 g/mol. The lowest BCUT2D eigenvalue weighted by molar-refractivity contribution is 0.277. The molecule has 3 heterocycles. The van der Waals surface area contributed by atoms with Crippen molar-refractivity contribution in [2.45, 2.75) is 91.9 Å². The van der Waals surface area contributed by atoms with Crippen LogP contribution in [0, 0.1) is 0 Å². The van der Waals surface area contributed by atoms with E-state index < -0.39 is 0 Å². The largest absolute Gasteiger partial charge is 0.507 e. The number of unbranched alkanes of at least 4 members (excludes halogenated alkanes) is 2. The summed E-state index contributed by atoms with van der Waals surface area (Å²) in [5, 5.41) is 12.3. The SMILES string of the molecule is CC(C)=CCc1c(OCCCCN2CCCC2)cc2oc3cc(OCCCCN4CCCC4)cc(CC=C(C)C)c3c(=O)c2c1O. The van der Waals surface area contributed by atoms with Crippen molar-refractivity contribution in [3.8, 4) is 17.2 Å². The fourth-order valence-electron chi connectivity index (χ4n) is 6.64. The van der Waals surface area contributed by atoms with Gasteiger partial charge in [-0.2, -0.15) is 0 Å². The number of nitrogens with zero attached hydrogens (tertiary/aromatic N) is 2. The Morgan fingerprint density at radius 2 is 1.33 bits per heavy atom. The average molecular weight is 631 g/mol. The van der Waals surface area contributed by atoms with Crippen LogP contribution in [-0.2, 0) is 12.8 Å². The molecule has 0 aliphatic carbocycles. The van der Waals surface area contributed by atoms with Crippen molar-refractivity contribution in [1.82, 2.24) is 9.80 Å². The fraction of sp³-hybridized carbons (Fsp3) is 0.564. The van der Waals surface area contributed by atoms with Crippen LogP contribution in [0.15, 0.2) is 50.7 Å². The van der Waals surface area contributed by atoms with E-state index >= 15 is 0 Å². The molecule has 250 valence electrons. The van der Waals surface area contributed by atoms with Crippen molar-refractivity contribution < 1.29 is 19.0 Å². The highest BCUT2D eigenvalue weighted by Gasteiger charge is 2.22. The summed E-state index contributed by atoms with van der Waals surface area (Å²) in [6.07, 6.45) is 14.5. The van der Waals surface area contributed by atoms with Gasteiger partial charge >= 0.3 is 0 Å². The Balaban J connectivity index is 1.43. The lowest BCUT2D eigenvalue weighted by Gasteiger charge is -2.17. The summed E-state index contributed by atoms with van der Waals surface area (Å²) in [5.74, 6) is 1.22. The number of hydrogen-bond donors (Lipinski definition) is 1. The quantitative estimate of drug-likeness (QED) is 0.0972. The summed E-state index contributed by atoms with van der Waals surface area (Å²) in [6.45, 7) is 16.3. The van der Waals surface area contributed by atoms with Gasteiger partial charge in [-0.25, -0.2) is 0 Å². The van der Waals surface area contributed by atoms with Crippen LogP contribution in [0.25, 0.3) is 21.9 Å². The van der Waals surface area contributed by atoms with Gasteiger partial charge in [-0.1, -0.05) is 23.3 Å². The molecule has 2 aromatic carbocycles. The first-order chi connectivity index (χ1) is 22.3. The average Bonchev–Trinajstić information content (AvgIpc) is 3.74. The van der Waals surface area contributed by atoms with E-state index in [-0.39, 0.29) is 16.6 Å². The molecule has 7 heteroatoms. The van der Waals surface area contributed by atoms with Gasteiger partial charge in [0.1, 0.15) is 33.8 Å². The molecule has 7 nitrogen and oxygen atoms in total. The highest BCUT2D eigenvalue weighted by atomic mass is 16.5. The van der Waals surface area contributed by atoms with E-state index in [1.54, 1.807) is 6.07 Å². The summed E-state index contributed by atoms with van der Waals surface area (Å²) < 4.78 is 19.0. The minimum Gasteiger partial charge on any atom is -0.507 e. The molecule has 2 aliphatic rings. The second-order valence-electron chi connectivity index (χ2n) is 13.6. The molecule has 2 saturated heterocycles. The van der Waals surface area contributed by atoms with Crippen LogP contribution >= 0.6 is 0 Å². The maximum atomic E-state index is 14.2. The summed E-state index contributed by atoms with van der Waals surface area (Å²) in [5.41, 5.74) is 4.34. The van der Waals surface area contributed by atoms with E-state index in [4.69, 9.17) is 13.9 Å². The molecule has 1 aromatic heterocycles. The fourth-order valence-corrected chi connectivity index (χ4v) is 6.64. The van der Waals surface area contributed by atoms with E-state index in [0.717, 1.165) is 49.9 Å². The van der Waals surface area contributed by atoms with Gasteiger partial charge in [-0.15, -0.1) is 0 Å². The number of phenols is 1. The van der Waals surface area contributed by atoms with Crippen molar-refractivity contribution in [3.05, 3.63) is 62.8 Å². The molecule has 0 atom stereocenters. The van der Waals surface area contributed by atoms with Crippen LogP contribution in [0.2, 0.25) is 0 Å². The molecule has 46 heavy (non-hydrogen) atoms. The van der Waals surface area contributed by atoms with Gasteiger partial charge in [0.2, 0.25) is 5.43 Å². The van der Waals surface area contributed by atoms with Gasteiger partial charge in [0.15, 0.2) is 0 Å². The lowest BCUT2D eigenvalue weighted by atomic mass is 9.99. The van der Waals surface area contributed by atoms with Gasteiger partial charge in [-0.05, 0) is 143 Å². The predicted molar refractivity (Wildman–Crippen MR) is 189 cm³/mol. The van der Waals surface area contributed by atoms with Gasteiger partial charge in [-0.3, -0.25) is 4.79 Å². The topological polar surface area (TPSA) is 75.4 Å². The lowest BCUT2D eigenvalue weighted by Crippen LogP contribution is -2.20. The van der Waals surface area contributed by atoms with E-state index in [2.05, 4.69) is 35.8 Å². The number of ether oxygens (including phenoxy) is 2. The van der Waals surface area contributed by atoms with Crippen LogP contribution in [0.1, 0.15) is 90.2 Å². The van der Waals surface area contributed by atoms with Gasteiger partial charge in [0.25, 0.3) is 0 Å². The second-order valence-corrected chi connectivity index (χ2v) is 13.6. The van der Waals surface area contributed by atoms with E-state index in [1.165, 1.54) is 57.4 Å². The third-order valence-corrected chi connectivity index (χ3v) is 9.27.